The number of rotatable bonds is 6. The van der Waals surface area contributed by atoms with Crippen LogP contribution in [-0.2, 0) is 14.3 Å². The molecule has 3 rings (SSSR count). The van der Waals surface area contributed by atoms with Gasteiger partial charge in [0, 0.05) is 24.5 Å². The number of likely N-dealkylation sites (tertiary alicyclic amines) is 1. The van der Waals surface area contributed by atoms with E-state index in [0.717, 1.165) is 0 Å². The van der Waals surface area contributed by atoms with Gasteiger partial charge in [-0.1, -0.05) is 0 Å². The van der Waals surface area contributed by atoms with E-state index in [-0.39, 0.29) is 30.6 Å². The molecule has 0 saturated carbocycles. The van der Waals surface area contributed by atoms with Crippen molar-refractivity contribution in [3.05, 3.63) is 59.3 Å². The summed E-state index contributed by atoms with van der Waals surface area (Å²) in [5.74, 6) is -0.600. The van der Waals surface area contributed by atoms with E-state index in [1.54, 1.807) is 31.2 Å². The van der Waals surface area contributed by atoms with Crippen LogP contribution in [0.2, 0.25) is 0 Å². The van der Waals surface area contributed by atoms with E-state index in [1.165, 1.54) is 17.3 Å². The van der Waals surface area contributed by atoms with E-state index in [4.69, 9.17) is 9.15 Å². The first-order chi connectivity index (χ1) is 12.9. The Morgan fingerprint density at radius 3 is 2.56 bits per heavy atom. The maximum absolute atomic E-state index is 12.7. The lowest BCUT2D eigenvalue weighted by Gasteiger charge is -2.23. The van der Waals surface area contributed by atoms with E-state index >= 15 is 0 Å². The predicted octanol–water partition coefficient (Wildman–Crippen LogP) is 2.83. The number of amides is 1. The average Bonchev–Trinajstić information content (AvgIpc) is 3.18. The number of ketones is 1. The smallest absolute Gasteiger partial charge is 0.295 e. The number of Topliss-reactive ketones (excluding diaryl/α,β-unsaturated/α-hetero) is 1. The molecular weight excluding hydrogens is 348 g/mol. The Labute approximate surface area is 157 Å². The van der Waals surface area contributed by atoms with Crippen molar-refractivity contribution in [3.63, 3.8) is 0 Å². The minimum atomic E-state index is -0.803. The van der Waals surface area contributed by atoms with Crippen molar-refractivity contribution in [1.29, 1.82) is 0 Å². The second-order valence-electron chi connectivity index (χ2n) is 6.60. The number of carbonyl (C=O) groups is 2. The van der Waals surface area contributed by atoms with Gasteiger partial charge in [-0.25, -0.2) is 0 Å². The van der Waals surface area contributed by atoms with Crippen LogP contribution in [0.1, 0.15) is 37.0 Å². The van der Waals surface area contributed by atoms with Crippen molar-refractivity contribution in [3.8, 4) is 0 Å². The number of aliphatic hydroxyl groups excluding tert-OH is 1. The summed E-state index contributed by atoms with van der Waals surface area (Å²) in [6.07, 6.45) is 3.02. The van der Waals surface area contributed by atoms with Gasteiger partial charge in [-0.3, -0.25) is 14.6 Å². The number of ether oxygens (including phenoxy) is 1. The molecule has 2 aromatic rings. The summed E-state index contributed by atoms with van der Waals surface area (Å²) in [7, 11) is 0. The standard InChI is InChI=1S/C20H22N2O5/c1-12(2)26-11-10-22-17(15-5-4-13(3)27-15)16(19(24)20(22)25)18(23)14-6-8-21-9-7-14/h4-9,12,17,23H,10-11H2,1-3H3/b18-16-. The van der Waals surface area contributed by atoms with Crippen molar-refractivity contribution in [2.45, 2.75) is 32.9 Å². The number of aliphatic hydroxyl groups is 1. The Bertz CT molecular complexity index is 870. The first-order valence-corrected chi connectivity index (χ1v) is 8.77. The molecule has 1 N–H and O–H groups in total. The van der Waals surface area contributed by atoms with Gasteiger partial charge in [0.05, 0.1) is 18.3 Å². The van der Waals surface area contributed by atoms with Crippen LogP contribution in [-0.4, -0.2) is 45.9 Å². The number of aromatic nitrogens is 1. The molecule has 0 aliphatic carbocycles. The van der Waals surface area contributed by atoms with Gasteiger partial charge in [-0.15, -0.1) is 0 Å². The van der Waals surface area contributed by atoms with E-state index < -0.39 is 17.7 Å². The van der Waals surface area contributed by atoms with Gasteiger partial charge in [0.2, 0.25) is 0 Å². The van der Waals surface area contributed by atoms with Gasteiger partial charge < -0.3 is 19.2 Å². The first-order valence-electron chi connectivity index (χ1n) is 8.77. The monoisotopic (exact) mass is 370 g/mol. The van der Waals surface area contributed by atoms with Gasteiger partial charge >= 0.3 is 0 Å². The summed E-state index contributed by atoms with van der Waals surface area (Å²) < 4.78 is 11.2. The minimum absolute atomic E-state index is 0.00273. The summed E-state index contributed by atoms with van der Waals surface area (Å²) >= 11 is 0. The van der Waals surface area contributed by atoms with Gasteiger partial charge in [0.25, 0.3) is 11.7 Å². The van der Waals surface area contributed by atoms with Crippen LogP contribution >= 0.6 is 0 Å². The second-order valence-corrected chi connectivity index (χ2v) is 6.60. The fraction of sp³-hybridized carbons (Fsp3) is 0.350. The molecule has 3 heterocycles. The van der Waals surface area contributed by atoms with Gasteiger partial charge in [-0.2, -0.15) is 0 Å². The molecule has 1 amide bonds. The minimum Gasteiger partial charge on any atom is -0.507 e. The molecule has 1 saturated heterocycles. The predicted molar refractivity (Wildman–Crippen MR) is 97.8 cm³/mol. The number of aryl methyl sites for hydroxylation is 1. The van der Waals surface area contributed by atoms with Crippen LogP contribution in [0.25, 0.3) is 5.76 Å². The topological polar surface area (TPSA) is 92.9 Å². The number of furan rings is 1. The Morgan fingerprint density at radius 1 is 1.26 bits per heavy atom. The third-order valence-electron chi connectivity index (χ3n) is 4.31. The molecule has 0 bridgehead atoms. The summed E-state index contributed by atoms with van der Waals surface area (Å²) in [5, 5.41) is 10.8. The van der Waals surface area contributed by atoms with Crippen molar-refractivity contribution in [2.75, 3.05) is 13.2 Å². The largest absolute Gasteiger partial charge is 0.507 e. The Balaban J connectivity index is 2.05. The molecule has 1 aliphatic heterocycles. The second kappa shape index (κ2) is 7.75. The lowest BCUT2D eigenvalue weighted by molar-refractivity contribution is -0.140. The lowest BCUT2D eigenvalue weighted by Crippen LogP contribution is -2.33. The maximum atomic E-state index is 12.7. The molecule has 27 heavy (non-hydrogen) atoms. The van der Waals surface area contributed by atoms with Gasteiger partial charge in [0.15, 0.2) is 0 Å². The summed E-state index contributed by atoms with van der Waals surface area (Å²) in [6, 6.07) is 5.82. The van der Waals surface area contributed by atoms with Crippen molar-refractivity contribution in [2.24, 2.45) is 0 Å². The number of hydrogen-bond donors (Lipinski definition) is 1. The third-order valence-corrected chi connectivity index (χ3v) is 4.31. The number of carbonyl (C=O) groups excluding carboxylic acids is 2. The maximum Gasteiger partial charge on any atom is 0.295 e. The van der Waals surface area contributed by atoms with E-state index in [1.807, 2.05) is 13.8 Å². The molecule has 0 radical (unpaired) electrons. The lowest BCUT2D eigenvalue weighted by atomic mass is 10.00. The molecular formula is C20H22N2O5. The van der Waals surface area contributed by atoms with Gasteiger partial charge in [0.1, 0.15) is 23.3 Å². The van der Waals surface area contributed by atoms with Crippen LogP contribution in [0.5, 0.6) is 0 Å². The molecule has 142 valence electrons. The summed E-state index contributed by atoms with van der Waals surface area (Å²) in [4.78, 5) is 30.6. The normalized spacial score (nSPS) is 19.3. The highest BCUT2D eigenvalue weighted by Crippen LogP contribution is 2.39. The van der Waals surface area contributed by atoms with Crippen LogP contribution < -0.4 is 0 Å². The zero-order valence-corrected chi connectivity index (χ0v) is 15.5. The molecule has 1 unspecified atom stereocenters. The highest BCUT2D eigenvalue weighted by atomic mass is 16.5. The van der Waals surface area contributed by atoms with Gasteiger partial charge in [-0.05, 0) is 45.0 Å². The number of pyridine rings is 1. The fourth-order valence-corrected chi connectivity index (χ4v) is 3.06. The van der Waals surface area contributed by atoms with E-state index in [9.17, 15) is 14.7 Å². The molecule has 0 aromatic carbocycles. The van der Waals surface area contributed by atoms with Crippen molar-refractivity contribution >= 4 is 17.4 Å². The van der Waals surface area contributed by atoms with Crippen LogP contribution in [0.15, 0.2) is 46.6 Å². The summed E-state index contributed by atoms with van der Waals surface area (Å²) in [6.45, 7) is 6.05. The van der Waals surface area contributed by atoms with Crippen molar-refractivity contribution in [1.82, 2.24) is 9.88 Å². The van der Waals surface area contributed by atoms with Crippen LogP contribution in [0.3, 0.4) is 0 Å². The Morgan fingerprint density at radius 2 is 1.96 bits per heavy atom. The summed E-state index contributed by atoms with van der Waals surface area (Å²) in [5.41, 5.74) is 0.416. The van der Waals surface area contributed by atoms with E-state index in [2.05, 4.69) is 4.98 Å². The molecule has 7 heteroatoms. The highest BCUT2D eigenvalue weighted by Gasteiger charge is 2.47. The first kappa shape index (κ1) is 18.8. The number of nitrogens with zero attached hydrogens (tertiary/aromatic N) is 2. The van der Waals surface area contributed by atoms with Crippen molar-refractivity contribution < 1.29 is 23.8 Å². The molecule has 2 aromatic heterocycles. The quantitative estimate of drug-likeness (QED) is 0.477. The van der Waals surface area contributed by atoms with Crippen LogP contribution in [0, 0.1) is 6.92 Å². The number of hydrogen-bond acceptors (Lipinski definition) is 6. The molecule has 1 aliphatic rings. The molecule has 7 nitrogen and oxygen atoms in total. The Hall–Kier alpha value is -2.93. The highest BCUT2D eigenvalue weighted by molar-refractivity contribution is 6.46. The zero-order valence-electron chi connectivity index (χ0n) is 15.5. The molecule has 1 atom stereocenters. The van der Waals surface area contributed by atoms with E-state index in [0.29, 0.717) is 17.1 Å². The SMILES string of the molecule is Cc1ccc(C2/C(=C(/O)c3ccncc3)C(=O)C(=O)N2CCOC(C)C)o1. The fourth-order valence-electron chi connectivity index (χ4n) is 3.06. The molecule has 0 spiro atoms. The molecule has 1 fully saturated rings. The van der Waals surface area contributed by atoms with Crippen LogP contribution in [0.4, 0.5) is 0 Å². The third kappa shape index (κ3) is 3.78. The Kier molecular flexibility index (Phi) is 5.41. The zero-order chi connectivity index (χ0) is 19.6. The average molecular weight is 370 g/mol.